The van der Waals surface area contributed by atoms with Crippen molar-refractivity contribution in [1.82, 2.24) is 15.0 Å². The van der Waals surface area contributed by atoms with Gasteiger partial charge in [0, 0.05) is 24.7 Å². The van der Waals surface area contributed by atoms with Gasteiger partial charge < -0.3 is 4.57 Å². The first-order valence-corrected chi connectivity index (χ1v) is 6.82. The zero-order chi connectivity index (χ0) is 12.0. The van der Waals surface area contributed by atoms with Gasteiger partial charge in [0.15, 0.2) is 0 Å². The van der Waals surface area contributed by atoms with E-state index in [1.165, 1.54) is 0 Å². The minimum atomic E-state index is 0.133. The first-order chi connectivity index (χ1) is 7.69. The Balaban J connectivity index is 2.66. The number of nitrogens with one attached hydrogen (secondary N) is 1. The van der Waals surface area contributed by atoms with Crippen LogP contribution in [0, 0.1) is 0 Å². The molecule has 1 unspecified atom stereocenters. The van der Waals surface area contributed by atoms with Crippen LogP contribution in [-0.4, -0.2) is 20.6 Å². The molecule has 1 aromatic rings. The molecule has 0 saturated heterocycles. The molecule has 0 saturated carbocycles. The van der Waals surface area contributed by atoms with Crippen molar-refractivity contribution in [2.24, 2.45) is 5.84 Å². The number of hydrogen-bond acceptors (Lipinski definition) is 4. The highest BCUT2D eigenvalue weighted by Crippen LogP contribution is 2.19. The van der Waals surface area contributed by atoms with E-state index < -0.39 is 0 Å². The van der Waals surface area contributed by atoms with Crippen LogP contribution in [0.1, 0.15) is 39.1 Å². The van der Waals surface area contributed by atoms with Crippen LogP contribution in [0.25, 0.3) is 0 Å². The van der Waals surface area contributed by atoms with Gasteiger partial charge in [0.05, 0.1) is 6.04 Å². The van der Waals surface area contributed by atoms with E-state index in [9.17, 15) is 0 Å². The first kappa shape index (κ1) is 13.5. The van der Waals surface area contributed by atoms with Crippen LogP contribution >= 0.6 is 11.8 Å². The quantitative estimate of drug-likeness (QED) is 0.567. The monoisotopic (exact) mass is 242 g/mol. The number of thioether (sulfide) groups is 1. The normalized spacial score (nSPS) is 13.3. The van der Waals surface area contributed by atoms with E-state index in [0.29, 0.717) is 5.25 Å². The third-order valence-electron chi connectivity index (χ3n) is 2.32. The summed E-state index contributed by atoms with van der Waals surface area (Å²) in [5, 5.41) is 0.616. The van der Waals surface area contributed by atoms with E-state index in [2.05, 4.69) is 35.7 Å². The number of aromatic nitrogens is 2. The van der Waals surface area contributed by atoms with Gasteiger partial charge in [0.2, 0.25) is 0 Å². The summed E-state index contributed by atoms with van der Waals surface area (Å²) >= 11 is 1.89. The number of hydrogen-bond donors (Lipinski definition) is 2. The lowest BCUT2D eigenvalue weighted by Crippen LogP contribution is -2.32. The molecule has 0 radical (unpaired) electrons. The molecule has 5 heteroatoms. The second-order valence-electron chi connectivity index (χ2n) is 4.08. The molecule has 1 rings (SSSR count). The number of aryl methyl sites for hydroxylation is 1. The van der Waals surface area contributed by atoms with Gasteiger partial charge in [-0.05, 0) is 11.7 Å². The number of nitrogens with two attached hydrogens (primary N) is 1. The van der Waals surface area contributed by atoms with Crippen molar-refractivity contribution < 1.29 is 0 Å². The van der Waals surface area contributed by atoms with Crippen molar-refractivity contribution in [3.05, 3.63) is 18.2 Å². The Morgan fingerprint density at radius 3 is 2.88 bits per heavy atom. The first-order valence-electron chi connectivity index (χ1n) is 5.77. The maximum absolute atomic E-state index is 5.60. The van der Waals surface area contributed by atoms with E-state index >= 15 is 0 Å². The number of rotatable bonds is 7. The molecule has 0 aliphatic rings. The summed E-state index contributed by atoms with van der Waals surface area (Å²) in [5.74, 6) is 7.59. The molecule has 4 nitrogen and oxygen atoms in total. The molecule has 0 aliphatic heterocycles. The van der Waals surface area contributed by atoms with E-state index in [4.69, 9.17) is 5.84 Å². The number of hydrazine groups is 1. The van der Waals surface area contributed by atoms with E-state index in [1.807, 2.05) is 24.2 Å². The van der Waals surface area contributed by atoms with Crippen molar-refractivity contribution in [2.45, 2.75) is 45.0 Å². The van der Waals surface area contributed by atoms with Crippen LogP contribution in [0.2, 0.25) is 0 Å². The predicted octanol–water partition coefficient (Wildman–Crippen LogP) is 1.94. The summed E-state index contributed by atoms with van der Waals surface area (Å²) in [6.07, 6.45) is 4.97. The largest absolute Gasteiger partial charge is 0.334 e. The molecule has 1 aromatic heterocycles. The summed E-state index contributed by atoms with van der Waals surface area (Å²) in [4.78, 5) is 4.39. The van der Waals surface area contributed by atoms with Crippen LogP contribution in [0.4, 0.5) is 0 Å². The molecular formula is C11H22N4S. The van der Waals surface area contributed by atoms with Crippen molar-refractivity contribution >= 4 is 11.8 Å². The minimum Gasteiger partial charge on any atom is -0.334 e. The van der Waals surface area contributed by atoms with Gasteiger partial charge in [-0.1, -0.05) is 20.8 Å². The van der Waals surface area contributed by atoms with E-state index in [0.717, 1.165) is 24.5 Å². The summed E-state index contributed by atoms with van der Waals surface area (Å²) in [6, 6.07) is 0.133. The van der Waals surface area contributed by atoms with Crippen LogP contribution in [-0.2, 0) is 6.54 Å². The van der Waals surface area contributed by atoms with Crippen molar-refractivity contribution in [3.63, 3.8) is 0 Å². The minimum absolute atomic E-state index is 0.133. The highest BCUT2D eigenvalue weighted by atomic mass is 32.2. The highest BCUT2D eigenvalue weighted by Gasteiger charge is 2.15. The molecule has 0 aromatic carbocycles. The maximum Gasteiger partial charge on any atom is 0.128 e. The lowest BCUT2D eigenvalue weighted by atomic mass is 10.3. The third-order valence-corrected chi connectivity index (χ3v) is 3.51. The van der Waals surface area contributed by atoms with E-state index in [1.54, 1.807) is 0 Å². The van der Waals surface area contributed by atoms with Gasteiger partial charge in [-0.15, -0.1) is 0 Å². The molecule has 0 fully saturated rings. The Hall–Kier alpha value is -0.520. The Kier molecular flexibility index (Phi) is 5.87. The average molecular weight is 242 g/mol. The topological polar surface area (TPSA) is 55.9 Å². The average Bonchev–Trinajstić information content (AvgIpc) is 2.68. The zero-order valence-electron chi connectivity index (χ0n) is 10.3. The Morgan fingerprint density at radius 2 is 2.31 bits per heavy atom. The fourth-order valence-corrected chi connectivity index (χ4v) is 2.37. The Morgan fingerprint density at radius 1 is 1.56 bits per heavy atom. The highest BCUT2D eigenvalue weighted by molar-refractivity contribution is 7.99. The van der Waals surface area contributed by atoms with Crippen LogP contribution < -0.4 is 11.3 Å². The molecular weight excluding hydrogens is 220 g/mol. The molecule has 3 N–H and O–H groups in total. The molecule has 0 bridgehead atoms. The fraction of sp³-hybridized carbons (Fsp3) is 0.727. The Bertz CT molecular complexity index is 298. The molecule has 0 spiro atoms. The van der Waals surface area contributed by atoms with Crippen molar-refractivity contribution in [3.8, 4) is 0 Å². The summed E-state index contributed by atoms with van der Waals surface area (Å²) in [6.45, 7) is 7.55. The number of imidazole rings is 1. The van der Waals surface area contributed by atoms with Gasteiger partial charge in [0.25, 0.3) is 0 Å². The lowest BCUT2D eigenvalue weighted by molar-refractivity contribution is 0.527. The van der Waals surface area contributed by atoms with Gasteiger partial charge in [-0.3, -0.25) is 5.84 Å². The molecule has 0 aliphatic carbocycles. The van der Waals surface area contributed by atoms with Gasteiger partial charge >= 0.3 is 0 Å². The standard InChI is InChI=1S/C11H22N4S/c1-4-6-15-7-5-13-11(15)10(14-12)8-16-9(2)3/h5,7,9-10,14H,4,6,8,12H2,1-3H3. The predicted molar refractivity (Wildman–Crippen MR) is 70.2 cm³/mol. The summed E-state index contributed by atoms with van der Waals surface area (Å²) < 4.78 is 2.17. The van der Waals surface area contributed by atoms with E-state index in [-0.39, 0.29) is 6.04 Å². The zero-order valence-corrected chi connectivity index (χ0v) is 11.1. The van der Waals surface area contributed by atoms with Crippen molar-refractivity contribution in [1.29, 1.82) is 0 Å². The summed E-state index contributed by atoms with van der Waals surface area (Å²) in [7, 11) is 0. The maximum atomic E-state index is 5.60. The van der Waals surface area contributed by atoms with Crippen LogP contribution in [0.3, 0.4) is 0 Å². The van der Waals surface area contributed by atoms with Gasteiger partial charge in [0.1, 0.15) is 5.82 Å². The summed E-state index contributed by atoms with van der Waals surface area (Å²) in [5.41, 5.74) is 2.85. The number of nitrogens with zero attached hydrogens (tertiary/aromatic N) is 2. The Labute approximate surface area is 102 Å². The lowest BCUT2D eigenvalue weighted by Gasteiger charge is -2.17. The second kappa shape index (κ2) is 6.93. The molecule has 16 heavy (non-hydrogen) atoms. The third kappa shape index (κ3) is 3.81. The SMILES string of the molecule is CCCn1ccnc1C(CSC(C)C)NN. The van der Waals surface area contributed by atoms with Gasteiger partial charge in [-0.25, -0.2) is 10.4 Å². The van der Waals surface area contributed by atoms with Crippen molar-refractivity contribution in [2.75, 3.05) is 5.75 Å². The van der Waals surface area contributed by atoms with Crippen LogP contribution in [0.15, 0.2) is 12.4 Å². The van der Waals surface area contributed by atoms with Gasteiger partial charge in [-0.2, -0.15) is 11.8 Å². The molecule has 0 amide bonds. The second-order valence-corrected chi connectivity index (χ2v) is 5.69. The fourth-order valence-electron chi connectivity index (χ4n) is 1.55. The molecule has 1 atom stereocenters. The molecule has 1 heterocycles. The molecule has 92 valence electrons. The van der Waals surface area contributed by atoms with Crippen LogP contribution in [0.5, 0.6) is 0 Å². The smallest absolute Gasteiger partial charge is 0.128 e.